The zero-order chi connectivity index (χ0) is 27.5. The Morgan fingerprint density at radius 1 is 1.05 bits per heavy atom. The molecular weight excluding hydrogens is 500 g/mol. The lowest BCUT2D eigenvalue weighted by Crippen LogP contribution is -2.43. The first-order valence-corrected chi connectivity index (χ1v) is 12.5. The molecule has 0 radical (unpaired) electrons. The van der Waals surface area contributed by atoms with Gasteiger partial charge in [0.15, 0.2) is 0 Å². The number of esters is 3. The van der Waals surface area contributed by atoms with Crippen LogP contribution in [0, 0.1) is 6.92 Å². The number of hydrogen-bond acceptors (Lipinski definition) is 9. The van der Waals surface area contributed by atoms with Crippen LogP contribution >= 0.6 is 11.3 Å². The molecule has 0 spiro atoms. The van der Waals surface area contributed by atoms with Crippen molar-refractivity contribution in [3.63, 3.8) is 0 Å². The van der Waals surface area contributed by atoms with Crippen LogP contribution in [-0.4, -0.2) is 39.3 Å². The first-order chi connectivity index (χ1) is 17.3. The molecule has 0 aliphatic rings. The Labute approximate surface area is 217 Å². The Hall–Kier alpha value is -3.73. The van der Waals surface area contributed by atoms with Crippen molar-refractivity contribution in [3.05, 3.63) is 67.2 Å². The van der Waals surface area contributed by atoms with Gasteiger partial charge in [0, 0.05) is 6.92 Å². The highest BCUT2D eigenvalue weighted by molar-refractivity contribution is 7.20. The van der Waals surface area contributed by atoms with Gasteiger partial charge in [0.05, 0.1) is 18.5 Å². The zero-order valence-electron chi connectivity index (χ0n) is 21.7. The van der Waals surface area contributed by atoms with Crippen molar-refractivity contribution in [3.8, 4) is 0 Å². The van der Waals surface area contributed by atoms with Gasteiger partial charge in [0.1, 0.15) is 28.0 Å². The predicted molar refractivity (Wildman–Crippen MR) is 138 cm³/mol. The van der Waals surface area contributed by atoms with Crippen LogP contribution in [0.3, 0.4) is 0 Å². The first kappa shape index (κ1) is 27.9. The van der Waals surface area contributed by atoms with E-state index in [1.165, 1.54) is 11.5 Å². The molecule has 1 aromatic carbocycles. The molecule has 37 heavy (non-hydrogen) atoms. The third kappa shape index (κ3) is 6.34. The highest BCUT2D eigenvalue weighted by Crippen LogP contribution is 2.30. The summed E-state index contributed by atoms with van der Waals surface area (Å²) >= 11 is 0.939. The average molecular weight is 531 g/mol. The molecule has 3 rings (SSSR count). The van der Waals surface area contributed by atoms with Crippen molar-refractivity contribution in [2.75, 3.05) is 6.61 Å². The summed E-state index contributed by atoms with van der Waals surface area (Å²) in [4.78, 5) is 64.6. The van der Waals surface area contributed by atoms with Crippen LogP contribution < -0.4 is 11.2 Å². The lowest BCUT2D eigenvalue weighted by Gasteiger charge is -2.21. The van der Waals surface area contributed by atoms with E-state index in [9.17, 15) is 24.0 Å². The summed E-state index contributed by atoms with van der Waals surface area (Å²) < 4.78 is 18.0. The third-order valence-corrected chi connectivity index (χ3v) is 6.59. The first-order valence-electron chi connectivity index (χ1n) is 11.7. The number of fused-ring (bicyclic) bond motifs is 1. The van der Waals surface area contributed by atoms with Crippen molar-refractivity contribution in [2.45, 2.75) is 66.3 Å². The second kappa shape index (κ2) is 11.1. The predicted octanol–water partition coefficient (Wildman–Crippen LogP) is 3.36. The number of carbonyl (C=O) groups is 3. The fraction of sp³-hybridized carbons (Fsp3) is 0.423. The Kier molecular flexibility index (Phi) is 8.37. The van der Waals surface area contributed by atoms with Crippen molar-refractivity contribution in [1.82, 2.24) is 9.13 Å². The largest absolute Gasteiger partial charge is 0.462 e. The van der Waals surface area contributed by atoms with Gasteiger partial charge in [0.2, 0.25) is 0 Å². The van der Waals surface area contributed by atoms with Gasteiger partial charge < -0.3 is 14.2 Å². The van der Waals surface area contributed by atoms with E-state index in [0.717, 1.165) is 15.9 Å². The standard InChI is InChI=1S/C26H30N2O8S/c1-7-34-24(32)21-15(2)20-22(31)27(14-19(30)36-26(4,5)6)25(33)28(23(20)37-21)13-18(35-16(3)29)17-11-9-8-10-12-17/h8-12,18H,7,13-14H2,1-6H3. The molecule has 0 saturated carbocycles. The van der Waals surface area contributed by atoms with Gasteiger partial charge >= 0.3 is 23.6 Å². The lowest BCUT2D eigenvalue weighted by molar-refractivity contribution is -0.155. The van der Waals surface area contributed by atoms with E-state index >= 15 is 0 Å². The van der Waals surface area contributed by atoms with Crippen LogP contribution in [0.15, 0.2) is 39.9 Å². The van der Waals surface area contributed by atoms with Gasteiger partial charge in [-0.2, -0.15) is 0 Å². The molecule has 0 bridgehead atoms. The molecule has 1 atom stereocenters. The molecule has 3 aromatic rings. The molecule has 0 N–H and O–H groups in total. The number of hydrogen-bond donors (Lipinski definition) is 0. The molecule has 2 heterocycles. The lowest BCUT2D eigenvalue weighted by atomic mass is 10.1. The third-order valence-electron chi connectivity index (χ3n) is 5.29. The Balaban J connectivity index is 2.26. The minimum Gasteiger partial charge on any atom is -0.462 e. The molecule has 0 saturated heterocycles. The quantitative estimate of drug-likeness (QED) is 0.321. The van der Waals surface area contributed by atoms with Gasteiger partial charge in [-0.1, -0.05) is 30.3 Å². The Morgan fingerprint density at radius 3 is 2.27 bits per heavy atom. The van der Waals surface area contributed by atoms with Crippen LogP contribution in [0.5, 0.6) is 0 Å². The van der Waals surface area contributed by atoms with Crippen molar-refractivity contribution in [2.24, 2.45) is 0 Å². The van der Waals surface area contributed by atoms with Gasteiger partial charge in [-0.15, -0.1) is 11.3 Å². The number of benzene rings is 1. The monoisotopic (exact) mass is 530 g/mol. The van der Waals surface area contributed by atoms with E-state index in [1.54, 1.807) is 65.0 Å². The van der Waals surface area contributed by atoms with Crippen LogP contribution in [-0.2, 0) is 36.9 Å². The van der Waals surface area contributed by atoms with Crippen molar-refractivity contribution < 1.29 is 28.6 Å². The summed E-state index contributed by atoms with van der Waals surface area (Å²) in [6.07, 6.45) is -0.875. The molecule has 198 valence electrons. The average Bonchev–Trinajstić information content (AvgIpc) is 3.15. The summed E-state index contributed by atoms with van der Waals surface area (Å²) in [7, 11) is 0. The SMILES string of the molecule is CCOC(=O)c1sc2c(c1C)c(=O)n(CC(=O)OC(C)(C)C)c(=O)n2CC(OC(C)=O)c1ccccc1. The number of carbonyl (C=O) groups excluding carboxylic acids is 3. The minimum atomic E-state index is -0.875. The fourth-order valence-electron chi connectivity index (χ4n) is 3.83. The van der Waals surface area contributed by atoms with Gasteiger partial charge in [-0.05, 0) is 45.7 Å². The number of ether oxygens (including phenoxy) is 3. The molecule has 0 aliphatic carbocycles. The molecule has 10 nitrogen and oxygen atoms in total. The molecule has 0 aliphatic heterocycles. The number of nitrogens with zero attached hydrogens (tertiary/aromatic N) is 2. The second-order valence-electron chi connectivity index (χ2n) is 9.34. The highest BCUT2D eigenvalue weighted by Gasteiger charge is 2.27. The van der Waals surface area contributed by atoms with E-state index < -0.39 is 47.4 Å². The summed E-state index contributed by atoms with van der Waals surface area (Å²) in [6, 6.07) is 8.82. The minimum absolute atomic E-state index is 0.103. The van der Waals surface area contributed by atoms with Crippen LogP contribution in [0.2, 0.25) is 0 Å². The number of thiophene rings is 1. The van der Waals surface area contributed by atoms with E-state index in [0.29, 0.717) is 11.1 Å². The molecule has 0 amide bonds. The molecular formula is C26H30N2O8S. The van der Waals surface area contributed by atoms with Crippen LogP contribution in [0.4, 0.5) is 0 Å². The van der Waals surface area contributed by atoms with E-state index in [2.05, 4.69) is 0 Å². The summed E-state index contributed by atoms with van der Waals surface area (Å²) in [5, 5.41) is 0.103. The Bertz CT molecular complexity index is 1440. The summed E-state index contributed by atoms with van der Waals surface area (Å²) in [5.41, 5.74) is -1.39. The summed E-state index contributed by atoms with van der Waals surface area (Å²) in [6.45, 7) is 8.87. The number of rotatable bonds is 8. The van der Waals surface area contributed by atoms with E-state index in [-0.39, 0.29) is 28.2 Å². The summed E-state index contributed by atoms with van der Waals surface area (Å²) in [5.74, 6) is -1.96. The maximum Gasteiger partial charge on any atom is 0.348 e. The van der Waals surface area contributed by atoms with Gasteiger partial charge in [-0.25, -0.2) is 14.2 Å². The number of aryl methyl sites for hydroxylation is 1. The van der Waals surface area contributed by atoms with Gasteiger partial charge in [0.25, 0.3) is 5.56 Å². The number of aromatic nitrogens is 2. The topological polar surface area (TPSA) is 123 Å². The normalized spacial score (nSPS) is 12.3. The van der Waals surface area contributed by atoms with Crippen molar-refractivity contribution in [1.29, 1.82) is 0 Å². The van der Waals surface area contributed by atoms with Gasteiger partial charge in [-0.3, -0.25) is 19.0 Å². The maximum absolute atomic E-state index is 13.6. The smallest absolute Gasteiger partial charge is 0.348 e. The molecule has 2 aromatic heterocycles. The van der Waals surface area contributed by atoms with Crippen LogP contribution in [0.1, 0.15) is 61.5 Å². The zero-order valence-corrected chi connectivity index (χ0v) is 22.5. The van der Waals surface area contributed by atoms with E-state index in [1.807, 2.05) is 0 Å². The second-order valence-corrected chi connectivity index (χ2v) is 10.3. The molecule has 11 heteroatoms. The molecule has 0 fully saturated rings. The Morgan fingerprint density at radius 2 is 1.70 bits per heavy atom. The highest BCUT2D eigenvalue weighted by atomic mass is 32.1. The van der Waals surface area contributed by atoms with E-state index in [4.69, 9.17) is 14.2 Å². The molecule has 1 unspecified atom stereocenters. The van der Waals surface area contributed by atoms with Crippen molar-refractivity contribution >= 4 is 39.5 Å². The maximum atomic E-state index is 13.6. The fourth-order valence-corrected chi connectivity index (χ4v) is 5.03. The van der Waals surface area contributed by atoms with Crippen LogP contribution in [0.25, 0.3) is 10.2 Å².